The molecule has 0 radical (unpaired) electrons. The van der Waals surface area contributed by atoms with E-state index in [1.807, 2.05) is 67.6 Å². The van der Waals surface area contributed by atoms with Crippen molar-refractivity contribution in [2.75, 3.05) is 50.3 Å². The summed E-state index contributed by atoms with van der Waals surface area (Å²) in [5.41, 5.74) is 4.43. The molecule has 3 aromatic heterocycles. The molecule has 1 aliphatic rings. The minimum absolute atomic E-state index is 0.0260. The number of aryl methyl sites for hydroxylation is 1. The van der Waals surface area contributed by atoms with E-state index in [9.17, 15) is 32.3 Å². The van der Waals surface area contributed by atoms with Gasteiger partial charge in [-0.25, -0.2) is 37.5 Å². The minimum atomic E-state index is -0.525. The molecule has 20 heteroatoms. The van der Waals surface area contributed by atoms with E-state index in [0.717, 1.165) is 69.3 Å². The Labute approximate surface area is 494 Å². The number of amides is 6. The van der Waals surface area contributed by atoms with E-state index in [1.165, 1.54) is 48.5 Å². The molecule has 1 unspecified atom stereocenters. The molecule has 6 amide bonds. The number of halogens is 5. The zero-order chi connectivity index (χ0) is 60.0. The molecule has 1 saturated carbocycles. The van der Waals surface area contributed by atoms with Crippen LogP contribution in [0.25, 0.3) is 32.3 Å². The molecule has 1 atom stereocenters. The van der Waals surface area contributed by atoms with E-state index >= 15 is 0 Å². The van der Waals surface area contributed by atoms with E-state index in [1.54, 1.807) is 79.7 Å². The minimum Gasteiger partial charge on any atom is -0.481 e. The number of urea groups is 3. The fourth-order valence-electron chi connectivity index (χ4n) is 9.32. The van der Waals surface area contributed by atoms with Crippen LogP contribution in [0.4, 0.5) is 44.6 Å². The van der Waals surface area contributed by atoms with Gasteiger partial charge in [-0.3, -0.25) is 4.79 Å². The number of aromatic nitrogens is 3. The van der Waals surface area contributed by atoms with Crippen LogP contribution in [0, 0.1) is 30.3 Å². The Bertz CT molecular complexity index is 3890. The number of rotatable bonds is 16. The van der Waals surface area contributed by atoms with E-state index < -0.39 is 11.6 Å². The van der Waals surface area contributed by atoms with Gasteiger partial charge in [-0.2, -0.15) is 0 Å². The lowest BCUT2D eigenvalue weighted by Gasteiger charge is -2.26. The molecule has 10 rings (SSSR count). The third-order valence-corrected chi connectivity index (χ3v) is 14.8. The molecule has 6 aromatic carbocycles. The number of hydrogen-bond donors (Lipinski definition) is 4. The summed E-state index contributed by atoms with van der Waals surface area (Å²) >= 11 is 11.7. The summed E-state index contributed by atoms with van der Waals surface area (Å²) in [6.45, 7) is 7.63. The number of pyridine rings is 3. The number of nitrogens with one attached hydrogen (secondary N) is 4. The highest BCUT2D eigenvalue weighted by Crippen LogP contribution is 2.33. The average Bonchev–Trinajstić information content (AvgIpc) is 4.47. The first-order valence-electron chi connectivity index (χ1n) is 27.2. The largest absolute Gasteiger partial charge is 0.481 e. The van der Waals surface area contributed by atoms with Crippen LogP contribution >= 0.6 is 23.2 Å². The highest BCUT2D eigenvalue weighted by Gasteiger charge is 2.28. The predicted octanol–water partition coefficient (Wildman–Crippen LogP) is 15.6. The van der Waals surface area contributed by atoms with Gasteiger partial charge in [0.1, 0.15) is 17.5 Å². The van der Waals surface area contributed by atoms with E-state index in [4.69, 9.17) is 32.7 Å². The lowest BCUT2D eigenvalue weighted by atomic mass is 10.0. The standard InChI is InChI=1S/C22H21ClFN3O2.C22H23ClFN3O2.C20H20FN3O2/c1-29-21-18-5-3-2-4-17(18)15(11-25-21)13-27(12-14-6-7-14)22(28)26-16-8-9-20(24)19(23)10-16;1-3-4-11-27(22(28)26-16-9-10-20(24)19(23)12-16)14-15-13-25-21(29-2)18-8-6-5-7-17(15)18;1-12-10-14(8-9-18(12)21)23-20(26)24(3)13(2)17-11-22-19(25)16-7-5-4-6-15(16)17/h2-5,8-11,14H,6-7,12-13H2,1H3,(H,26,28);5-10,12-13H,3-4,11,14H2,1-2H3,(H,26,28);4-11,13H,1-3H3,(H,22,25)(H,23,26). The Kier molecular flexibility index (Phi) is 20.7. The number of benzene rings is 6. The molecule has 15 nitrogen and oxygen atoms in total. The molecule has 0 saturated heterocycles. The SMILES string of the molecule is CCCCN(Cc1cnc(OC)c2ccccc12)C(=O)Nc1ccc(F)c(Cl)c1.COc1ncc(CN(CC2CC2)C(=O)Nc2ccc(F)c(Cl)c2)c2ccccc12.Cc1cc(NC(=O)N(C)C(C)c2c[nH]c(=O)c3ccccc23)ccc1F. The van der Waals surface area contributed by atoms with Gasteiger partial charge in [0.05, 0.1) is 30.3 Å². The Hall–Kier alpha value is -8.87. The molecular weight excluding hydrogens is 1120 g/mol. The van der Waals surface area contributed by atoms with Crippen LogP contribution in [0.2, 0.25) is 10.0 Å². The summed E-state index contributed by atoms with van der Waals surface area (Å²) in [6.07, 6.45) is 9.18. The second-order valence-electron chi connectivity index (χ2n) is 20.2. The van der Waals surface area contributed by atoms with Crippen LogP contribution in [-0.4, -0.2) is 82.1 Å². The van der Waals surface area contributed by atoms with Crippen molar-refractivity contribution in [3.8, 4) is 11.8 Å². The number of methoxy groups -OCH3 is 2. The number of hydrogen-bond acceptors (Lipinski definition) is 8. The molecule has 0 spiro atoms. The first-order chi connectivity index (χ1) is 40.5. The summed E-state index contributed by atoms with van der Waals surface area (Å²) in [5.74, 6) is 0.261. The lowest BCUT2D eigenvalue weighted by molar-refractivity contribution is 0.206. The van der Waals surface area contributed by atoms with Crippen molar-refractivity contribution in [2.45, 2.75) is 65.6 Å². The maximum absolute atomic E-state index is 13.4. The molecule has 1 fully saturated rings. The van der Waals surface area contributed by atoms with Gasteiger partial charge in [0.15, 0.2) is 0 Å². The van der Waals surface area contributed by atoms with Crippen molar-refractivity contribution in [2.24, 2.45) is 5.92 Å². The second-order valence-corrected chi connectivity index (χ2v) is 21.0. The van der Waals surface area contributed by atoms with Crippen molar-refractivity contribution in [1.29, 1.82) is 0 Å². The number of aromatic amines is 1. The number of carbonyl (C=O) groups excluding carboxylic acids is 3. The van der Waals surface area contributed by atoms with Gasteiger partial charge in [0.25, 0.3) is 5.56 Å². The van der Waals surface area contributed by atoms with Crippen molar-refractivity contribution in [3.05, 3.63) is 206 Å². The molecule has 4 N–H and O–H groups in total. The Morgan fingerprint density at radius 3 is 1.58 bits per heavy atom. The topological polar surface area (TPSA) is 174 Å². The maximum atomic E-state index is 13.4. The number of nitrogens with zero attached hydrogens (tertiary/aromatic N) is 5. The highest BCUT2D eigenvalue weighted by atomic mass is 35.5. The van der Waals surface area contributed by atoms with Gasteiger partial charge >= 0.3 is 18.1 Å². The van der Waals surface area contributed by atoms with Crippen molar-refractivity contribution in [1.82, 2.24) is 29.7 Å². The summed E-state index contributed by atoms with van der Waals surface area (Å²) in [5, 5.41) is 13.5. The van der Waals surface area contributed by atoms with Crippen molar-refractivity contribution < 1.29 is 37.0 Å². The summed E-state index contributed by atoms with van der Waals surface area (Å²) in [7, 11) is 4.86. The van der Waals surface area contributed by atoms with Gasteiger partial charge in [-0.15, -0.1) is 0 Å². The lowest BCUT2D eigenvalue weighted by Crippen LogP contribution is -2.36. The zero-order valence-electron chi connectivity index (χ0n) is 47.2. The third kappa shape index (κ3) is 15.4. The highest BCUT2D eigenvalue weighted by molar-refractivity contribution is 6.31. The number of ether oxygens (including phenoxy) is 2. The second kappa shape index (κ2) is 28.4. The fraction of sp³-hybridized carbons (Fsp3) is 0.250. The normalized spacial score (nSPS) is 12.0. The van der Waals surface area contributed by atoms with Crippen LogP contribution in [-0.2, 0) is 13.1 Å². The van der Waals surface area contributed by atoms with Gasteiger partial charge in [0.2, 0.25) is 11.8 Å². The number of fused-ring (bicyclic) bond motifs is 3. The third-order valence-electron chi connectivity index (χ3n) is 14.3. The quantitative estimate of drug-likeness (QED) is 0.0739. The van der Waals surface area contributed by atoms with Gasteiger partial charge in [-0.05, 0) is 150 Å². The number of H-pyrrole nitrogens is 1. The monoisotopic (exact) mass is 1180 g/mol. The van der Waals surface area contributed by atoms with Crippen molar-refractivity contribution >= 4 is 90.7 Å². The van der Waals surface area contributed by atoms with E-state index in [-0.39, 0.29) is 45.6 Å². The molecule has 0 bridgehead atoms. The van der Waals surface area contributed by atoms with Crippen molar-refractivity contribution in [3.63, 3.8) is 0 Å². The molecule has 9 aromatic rings. The zero-order valence-corrected chi connectivity index (χ0v) is 48.8. The summed E-state index contributed by atoms with van der Waals surface area (Å²) < 4.78 is 50.9. The molecule has 84 heavy (non-hydrogen) atoms. The first kappa shape index (κ1) is 61.2. The number of carbonyl (C=O) groups is 3. The Balaban J connectivity index is 0.000000165. The molecule has 436 valence electrons. The van der Waals surface area contributed by atoms with Gasteiger partial charge in [-0.1, -0.05) is 91.1 Å². The van der Waals surface area contributed by atoms with E-state index in [0.29, 0.717) is 71.9 Å². The maximum Gasteiger partial charge on any atom is 0.322 e. The number of unbranched alkanes of at least 4 members (excludes halogenated alkanes) is 1. The summed E-state index contributed by atoms with van der Waals surface area (Å²) in [4.78, 5) is 67.0. The van der Waals surface area contributed by atoms with E-state index in [2.05, 4.69) is 37.8 Å². The molecule has 1 aliphatic carbocycles. The first-order valence-corrected chi connectivity index (χ1v) is 28.0. The summed E-state index contributed by atoms with van der Waals surface area (Å²) in [6, 6.07) is 34.5. The fourth-order valence-corrected chi connectivity index (χ4v) is 9.68. The van der Waals surface area contributed by atoms with Crippen LogP contribution in [0.3, 0.4) is 0 Å². The van der Waals surface area contributed by atoms with Gasteiger partial charge < -0.3 is 45.1 Å². The van der Waals surface area contributed by atoms with Crippen LogP contribution in [0.5, 0.6) is 11.8 Å². The molecule has 0 aliphatic heterocycles. The Morgan fingerprint density at radius 2 is 1.10 bits per heavy atom. The van der Waals surface area contributed by atoms with Gasteiger partial charge in [0, 0.05) is 85.0 Å². The average molecular weight is 1180 g/mol. The smallest absolute Gasteiger partial charge is 0.322 e. The van der Waals surface area contributed by atoms with Crippen LogP contribution < -0.4 is 31.0 Å². The molecular formula is C64H64Cl2F3N9O6. The van der Waals surface area contributed by atoms with Crippen LogP contribution in [0.15, 0.2) is 151 Å². The van der Waals surface area contributed by atoms with Crippen LogP contribution in [0.1, 0.15) is 67.8 Å². The Morgan fingerprint density at radius 1 is 0.643 bits per heavy atom. The predicted molar refractivity (Wildman–Crippen MR) is 327 cm³/mol. The number of anilines is 3. The molecule has 3 heterocycles.